The Morgan fingerprint density at radius 3 is 2.83 bits per heavy atom. The third-order valence-electron chi connectivity index (χ3n) is 2.57. The number of hydrogen-bond acceptors (Lipinski definition) is 3. The number of halogens is 1. The highest BCUT2D eigenvalue weighted by molar-refractivity contribution is 6.33. The lowest BCUT2D eigenvalue weighted by Gasteiger charge is -2.01. The number of hydrogen-bond donors (Lipinski definition) is 0. The van der Waals surface area contributed by atoms with E-state index in [-0.39, 0.29) is 0 Å². The molecule has 0 fully saturated rings. The second-order valence-corrected chi connectivity index (χ2v) is 4.43. The fourth-order valence-corrected chi connectivity index (χ4v) is 1.78. The zero-order valence-electron chi connectivity index (χ0n) is 10.6. The van der Waals surface area contributed by atoms with Crippen LogP contribution in [0.1, 0.15) is 19.8 Å². The first-order chi connectivity index (χ1) is 8.72. The highest BCUT2D eigenvalue weighted by atomic mass is 35.5. The average molecular weight is 266 g/mol. The second kappa shape index (κ2) is 5.87. The van der Waals surface area contributed by atoms with E-state index in [1.807, 2.05) is 31.3 Å². The molecular weight excluding hydrogens is 250 g/mol. The molecule has 4 nitrogen and oxygen atoms in total. The van der Waals surface area contributed by atoms with Gasteiger partial charge in [-0.15, -0.1) is 5.10 Å². The van der Waals surface area contributed by atoms with E-state index in [2.05, 4.69) is 17.0 Å². The predicted octanol–water partition coefficient (Wildman–Crippen LogP) is 3.31. The molecule has 2 aromatic rings. The second-order valence-electron chi connectivity index (χ2n) is 4.02. The van der Waals surface area contributed by atoms with Gasteiger partial charge in [0, 0.05) is 12.6 Å². The molecule has 96 valence electrons. The lowest BCUT2D eigenvalue weighted by molar-refractivity contribution is 0.272. The number of aromatic nitrogens is 3. The molecule has 1 aromatic heterocycles. The predicted molar refractivity (Wildman–Crippen MR) is 71.9 cm³/mol. The summed E-state index contributed by atoms with van der Waals surface area (Å²) in [6.45, 7) is 2.78. The molecule has 0 bridgehead atoms. The van der Waals surface area contributed by atoms with Gasteiger partial charge in [-0.1, -0.05) is 37.1 Å². The van der Waals surface area contributed by atoms with Crippen molar-refractivity contribution in [1.82, 2.24) is 14.8 Å². The maximum Gasteiger partial charge on any atom is 0.315 e. The highest BCUT2D eigenvalue weighted by Gasteiger charge is 2.12. The Kier molecular flexibility index (Phi) is 4.20. The molecule has 0 radical (unpaired) electrons. The number of rotatable bonds is 5. The standard InChI is InChI=1S/C13H16ClN3O/c1-3-4-9-18-13-15-12(16-17(13)2)10-7-5-6-8-11(10)14/h5-8H,3-4,9H2,1-2H3. The Bertz CT molecular complexity index is 525. The van der Waals surface area contributed by atoms with Crippen molar-refractivity contribution >= 4 is 11.6 Å². The summed E-state index contributed by atoms with van der Waals surface area (Å²) in [7, 11) is 1.81. The van der Waals surface area contributed by atoms with Crippen LogP contribution in [0.15, 0.2) is 24.3 Å². The quantitative estimate of drug-likeness (QED) is 0.779. The summed E-state index contributed by atoms with van der Waals surface area (Å²) in [6, 6.07) is 8.04. The molecular formula is C13H16ClN3O. The van der Waals surface area contributed by atoms with Crippen molar-refractivity contribution < 1.29 is 4.74 Å². The summed E-state index contributed by atoms with van der Waals surface area (Å²) in [4.78, 5) is 4.36. The number of benzene rings is 1. The molecule has 0 saturated carbocycles. The highest BCUT2D eigenvalue weighted by Crippen LogP contribution is 2.26. The Morgan fingerprint density at radius 1 is 1.33 bits per heavy atom. The van der Waals surface area contributed by atoms with Crippen molar-refractivity contribution in [3.63, 3.8) is 0 Å². The van der Waals surface area contributed by atoms with Crippen LogP contribution in [0, 0.1) is 0 Å². The maximum atomic E-state index is 6.12. The van der Waals surface area contributed by atoms with E-state index in [0.717, 1.165) is 18.4 Å². The van der Waals surface area contributed by atoms with E-state index in [0.29, 0.717) is 23.5 Å². The van der Waals surface area contributed by atoms with Crippen molar-refractivity contribution in [1.29, 1.82) is 0 Å². The van der Waals surface area contributed by atoms with Crippen molar-refractivity contribution in [2.24, 2.45) is 7.05 Å². The van der Waals surface area contributed by atoms with Gasteiger partial charge in [0.05, 0.1) is 11.6 Å². The molecule has 0 aliphatic carbocycles. The summed E-state index contributed by atoms with van der Waals surface area (Å²) in [5.74, 6) is 0.592. The van der Waals surface area contributed by atoms with Crippen LogP contribution >= 0.6 is 11.6 Å². The van der Waals surface area contributed by atoms with Gasteiger partial charge in [-0.05, 0) is 18.6 Å². The molecule has 0 spiro atoms. The van der Waals surface area contributed by atoms with Crippen molar-refractivity contribution in [3.05, 3.63) is 29.3 Å². The first-order valence-electron chi connectivity index (χ1n) is 6.01. The maximum absolute atomic E-state index is 6.12. The van der Waals surface area contributed by atoms with Gasteiger partial charge in [-0.3, -0.25) is 0 Å². The number of ether oxygens (including phenoxy) is 1. The molecule has 18 heavy (non-hydrogen) atoms. The van der Waals surface area contributed by atoms with Gasteiger partial charge in [0.1, 0.15) is 0 Å². The molecule has 0 saturated heterocycles. The Balaban J connectivity index is 2.21. The van der Waals surface area contributed by atoms with Gasteiger partial charge in [-0.25, -0.2) is 4.68 Å². The van der Waals surface area contributed by atoms with Crippen LogP contribution in [0.5, 0.6) is 6.01 Å². The Morgan fingerprint density at radius 2 is 2.11 bits per heavy atom. The minimum atomic E-state index is 0.526. The van der Waals surface area contributed by atoms with Gasteiger partial charge in [-0.2, -0.15) is 4.98 Å². The van der Waals surface area contributed by atoms with Gasteiger partial charge in [0.15, 0.2) is 5.82 Å². The molecule has 5 heteroatoms. The zero-order valence-corrected chi connectivity index (χ0v) is 11.3. The molecule has 0 atom stereocenters. The molecule has 0 aliphatic heterocycles. The average Bonchev–Trinajstić information content (AvgIpc) is 2.72. The van der Waals surface area contributed by atoms with Crippen molar-refractivity contribution in [3.8, 4) is 17.4 Å². The van der Waals surface area contributed by atoms with Gasteiger partial charge in [0.2, 0.25) is 0 Å². The fraction of sp³-hybridized carbons (Fsp3) is 0.385. The molecule has 0 N–H and O–H groups in total. The molecule has 0 aliphatic rings. The minimum absolute atomic E-state index is 0.526. The monoisotopic (exact) mass is 265 g/mol. The van der Waals surface area contributed by atoms with Crippen LogP contribution < -0.4 is 4.74 Å². The lowest BCUT2D eigenvalue weighted by atomic mass is 10.2. The van der Waals surface area contributed by atoms with Gasteiger partial charge < -0.3 is 4.74 Å². The van der Waals surface area contributed by atoms with E-state index in [1.165, 1.54) is 0 Å². The van der Waals surface area contributed by atoms with E-state index in [4.69, 9.17) is 16.3 Å². The van der Waals surface area contributed by atoms with Crippen LogP contribution in [-0.4, -0.2) is 21.4 Å². The number of nitrogens with zero attached hydrogens (tertiary/aromatic N) is 3. The summed E-state index contributed by atoms with van der Waals surface area (Å²) >= 11 is 6.12. The summed E-state index contributed by atoms with van der Waals surface area (Å²) in [5, 5.41) is 4.96. The largest absolute Gasteiger partial charge is 0.464 e. The first kappa shape index (κ1) is 12.9. The summed E-state index contributed by atoms with van der Waals surface area (Å²) in [5.41, 5.74) is 0.820. The Hall–Kier alpha value is -1.55. The van der Waals surface area contributed by atoms with Crippen molar-refractivity contribution in [2.75, 3.05) is 6.61 Å². The first-order valence-corrected chi connectivity index (χ1v) is 6.39. The SMILES string of the molecule is CCCCOc1nc(-c2ccccc2Cl)nn1C. The van der Waals surface area contributed by atoms with E-state index in [1.54, 1.807) is 4.68 Å². The zero-order chi connectivity index (χ0) is 13.0. The summed E-state index contributed by atoms with van der Waals surface area (Å²) < 4.78 is 7.20. The van der Waals surface area contributed by atoms with E-state index in [9.17, 15) is 0 Å². The number of aryl methyl sites for hydroxylation is 1. The Labute approximate surface area is 112 Å². The smallest absolute Gasteiger partial charge is 0.315 e. The third kappa shape index (κ3) is 2.82. The molecule has 1 aromatic carbocycles. The third-order valence-corrected chi connectivity index (χ3v) is 2.90. The van der Waals surface area contributed by atoms with E-state index >= 15 is 0 Å². The van der Waals surface area contributed by atoms with Crippen LogP contribution in [0.3, 0.4) is 0 Å². The van der Waals surface area contributed by atoms with E-state index < -0.39 is 0 Å². The van der Waals surface area contributed by atoms with Crippen molar-refractivity contribution in [2.45, 2.75) is 19.8 Å². The molecule has 1 heterocycles. The topological polar surface area (TPSA) is 39.9 Å². The van der Waals surface area contributed by atoms with Crippen LogP contribution in [0.2, 0.25) is 5.02 Å². The lowest BCUT2D eigenvalue weighted by Crippen LogP contribution is -2.02. The fourth-order valence-electron chi connectivity index (χ4n) is 1.56. The summed E-state index contributed by atoms with van der Waals surface area (Å²) in [6.07, 6.45) is 2.10. The molecule has 2 rings (SSSR count). The molecule has 0 amide bonds. The van der Waals surface area contributed by atoms with Crippen LogP contribution in [0.25, 0.3) is 11.4 Å². The van der Waals surface area contributed by atoms with Gasteiger partial charge in [0.25, 0.3) is 0 Å². The van der Waals surface area contributed by atoms with Crippen LogP contribution in [-0.2, 0) is 7.05 Å². The normalized spacial score (nSPS) is 10.6. The van der Waals surface area contributed by atoms with Crippen LogP contribution in [0.4, 0.5) is 0 Å². The van der Waals surface area contributed by atoms with Gasteiger partial charge >= 0.3 is 6.01 Å². The molecule has 0 unspecified atom stereocenters. The minimum Gasteiger partial charge on any atom is -0.464 e. The number of unbranched alkanes of at least 4 members (excludes halogenated alkanes) is 1.